The van der Waals surface area contributed by atoms with Gasteiger partial charge in [-0.15, -0.1) is 0 Å². The zero-order valence-electron chi connectivity index (χ0n) is 19.9. The predicted molar refractivity (Wildman–Crippen MR) is 134 cm³/mol. The van der Waals surface area contributed by atoms with Gasteiger partial charge in [-0.1, -0.05) is 56.6 Å². The Hall–Kier alpha value is -2.98. The van der Waals surface area contributed by atoms with Crippen molar-refractivity contribution in [2.45, 2.75) is 52.7 Å². The second kappa shape index (κ2) is 10.8. The maximum absolute atomic E-state index is 12.9. The van der Waals surface area contributed by atoms with Gasteiger partial charge in [0.05, 0.1) is 12.6 Å². The summed E-state index contributed by atoms with van der Waals surface area (Å²) in [5.41, 5.74) is 3.70. The number of halogens is 1. The first-order valence-electron chi connectivity index (χ1n) is 11.2. The van der Waals surface area contributed by atoms with Gasteiger partial charge in [-0.05, 0) is 72.9 Å². The summed E-state index contributed by atoms with van der Waals surface area (Å²) in [4.78, 5) is 12.9. The topological polar surface area (TPSA) is 47.6 Å². The van der Waals surface area contributed by atoms with Crippen molar-refractivity contribution < 1.29 is 14.3 Å². The first-order valence-corrected chi connectivity index (χ1v) is 11.6. The average molecular weight is 466 g/mol. The second-order valence-electron chi connectivity index (χ2n) is 9.07. The first-order chi connectivity index (χ1) is 15.7. The van der Waals surface area contributed by atoms with E-state index in [0.717, 1.165) is 16.9 Å². The Morgan fingerprint density at radius 3 is 2.24 bits per heavy atom. The lowest BCUT2D eigenvalue weighted by Crippen LogP contribution is -2.26. The number of hydrogen-bond donors (Lipinski definition) is 1. The van der Waals surface area contributed by atoms with Gasteiger partial charge in [-0.2, -0.15) is 0 Å². The number of carbonyl (C=O) groups is 1. The zero-order chi connectivity index (χ0) is 24.0. The van der Waals surface area contributed by atoms with Gasteiger partial charge in [-0.25, -0.2) is 0 Å². The lowest BCUT2D eigenvalue weighted by molar-refractivity contribution is 0.0939. The third kappa shape index (κ3) is 6.75. The van der Waals surface area contributed by atoms with E-state index in [1.165, 1.54) is 5.56 Å². The minimum Gasteiger partial charge on any atom is -0.493 e. The summed E-state index contributed by atoms with van der Waals surface area (Å²) < 4.78 is 11.8. The Morgan fingerprint density at radius 2 is 1.64 bits per heavy atom. The highest BCUT2D eigenvalue weighted by Crippen LogP contribution is 2.26. The van der Waals surface area contributed by atoms with Gasteiger partial charge >= 0.3 is 0 Å². The van der Waals surface area contributed by atoms with Crippen LogP contribution in [0.3, 0.4) is 0 Å². The van der Waals surface area contributed by atoms with Crippen LogP contribution < -0.4 is 14.8 Å². The molecule has 1 unspecified atom stereocenters. The Labute approximate surface area is 201 Å². The fraction of sp³-hybridized carbons (Fsp3) is 0.321. The third-order valence-electron chi connectivity index (χ3n) is 5.45. The minimum absolute atomic E-state index is 0.0888. The number of hydrogen-bond acceptors (Lipinski definition) is 3. The van der Waals surface area contributed by atoms with Crippen molar-refractivity contribution in [3.05, 3.63) is 94.0 Å². The third-order valence-corrected chi connectivity index (χ3v) is 5.71. The molecule has 0 radical (unpaired) electrons. The lowest BCUT2D eigenvalue weighted by Gasteiger charge is -2.19. The van der Waals surface area contributed by atoms with E-state index in [0.29, 0.717) is 29.5 Å². The lowest BCUT2D eigenvalue weighted by atomic mass is 9.87. The highest BCUT2D eigenvalue weighted by molar-refractivity contribution is 6.30. The van der Waals surface area contributed by atoms with Crippen LogP contribution in [0.25, 0.3) is 0 Å². The summed E-state index contributed by atoms with van der Waals surface area (Å²) >= 11 is 5.97. The highest BCUT2D eigenvalue weighted by Gasteiger charge is 2.16. The number of amides is 1. The average Bonchev–Trinajstić information content (AvgIpc) is 2.78. The summed E-state index contributed by atoms with van der Waals surface area (Å²) in [6.45, 7) is 11.3. The molecule has 0 saturated heterocycles. The van der Waals surface area contributed by atoms with Gasteiger partial charge in [-0.3, -0.25) is 4.79 Å². The van der Waals surface area contributed by atoms with Gasteiger partial charge < -0.3 is 14.8 Å². The molecule has 5 heteroatoms. The summed E-state index contributed by atoms with van der Waals surface area (Å²) in [6.07, 6.45) is 0. The van der Waals surface area contributed by atoms with Gasteiger partial charge in [0.15, 0.2) is 0 Å². The molecular formula is C28H32ClNO3. The molecule has 3 rings (SSSR count). The zero-order valence-corrected chi connectivity index (χ0v) is 20.7. The normalized spacial score (nSPS) is 12.2. The fourth-order valence-corrected chi connectivity index (χ4v) is 3.58. The molecule has 0 heterocycles. The van der Waals surface area contributed by atoms with Crippen LogP contribution in [0.2, 0.25) is 5.02 Å². The molecule has 0 fully saturated rings. The van der Waals surface area contributed by atoms with Crippen molar-refractivity contribution in [1.82, 2.24) is 5.32 Å². The molecule has 0 bridgehead atoms. The number of rotatable bonds is 8. The maximum Gasteiger partial charge on any atom is 0.251 e. The molecule has 3 aromatic carbocycles. The van der Waals surface area contributed by atoms with E-state index in [9.17, 15) is 4.79 Å². The van der Waals surface area contributed by atoms with Gasteiger partial charge in [0, 0.05) is 16.1 Å². The van der Waals surface area contributed by atoms with Crippen LogP contribution in [0.4, 0.5) is 0 Å². The molecule has 1 N–H and O–H groups in total. The summed E-state index contributed by atoms with van der Waals surface area (Å²) in [5.74, 6) is 1.33. The fourth-order valence-electron chi connectivity index (χ4n) is 3.46. The molecule has 0 spiro atoms. The smallest absolute Gasteiger partial charge is 0.251 e. The van der Waals surface area contributed by atoms with Crippen molar-refractivity contribution in [2.75, 3.05) is 6.61 Å². The number of ether oxygens (including phenoxy) is 2. The van der Waals surface area contributed by atoms with Crippen LogP contribution in [0, 0.1) is 0 Å². The van der Waals surface area contributed by atoms with Gasteiger partial charge in [0.25, 0.3) is 5.91 Å². The predicted octanol–water partition coefficient (Wildman–Crippen LogP) is 7.11. The monoisotopic (exact) mass is 465 g/mol. The Kier molecular flexibility index (Phi) is 8.04. The van der Waals surface area contributed by atoms with Crippen LogP contribution in [-0.4, -0.2) is 12.5 Å². The number of nitrogens with one attached hydrogen (secondary N) is 1. The van der Waals surface area contributed by atoms with Crippen LogP contribution in [-0.2, 0) is 12.0 Å². The van der Waals surface area contributed by atoms with Crippen LogP contribution >= 0.6 is 11.6 Å². The standard InChI is InChI=1S/C28H32ClNO3/c1-6-32-26-16-9-21(27(31)30-19(2)20-7-12-24(29)13-8-20)17-22(26)18-33-25-14-10-23(11-15-25)28(3,4)5/h7-17,19H,6,18H2,1-5H3,(H,30,31). The van der Waals surface area contributed by atoms with E-state index in [2.05, 4.69) is 38.2 Å². The highest BCUT2D eigenvalue weighted by atomic mass is 35.5. The molecule has 1 amide bonds. The molecule has 33 heavy (non-hydrogen) atoms. The molecule has 0 aliphatic carbocycles. The van der Waals surface area contributed by atoms with E-state index in [-0.39, 0.29) is 17.4 Å². The van der Waals surface area contributed by atoms with Crippen molar-refractivity contribution in [2.24, 2.45) is 0 Å². The SMILES string of the molecule is CCOc1ccc(C(=O)NC(C)c2ccc(Cl)cc2)cc1COc1ccc(C(C)(C)C)cc1. The van der Waals surface area contributed by atoms with Crippen molar-refractivity contribution >= 4 is 17.5 Å². The Bertz CT molecular complexity index is 1070. The minimum atomic E-state index is -0.156. The number of carbonyl (C=O) groups excluding carboxylic acids is 1. The van der Waals surface area contributed by atoms with Crippen LogP contribution in [0.15, 0.2) is 66.7 Å². The van der Waals surface area contributed by atoms with Crippen molar-refractivity contribution in [1.29, 1.82) is 0 Å². The van der Waals surface area contributed by atoms with Crippen LogP contribution in [0.1, 0.15) is 67.7 Å². The van der Waals surface area contributed by atoms with E-state index < -0.39 is 0 Å². The Balaban J connectivity index is 1.73. The molecule has 4 nitrogen and oxygen atoms in total. The largest absolute Gasteiger partial charge is 0.493 e. The molecule has 3 aromatic rings. The summed E-state index contributed by atoms with van der Waals surface area (Å²) in [6, 6.07) is 20.9. The van der Waals surface area contributed by atoms with E-state index in [1.54, 1.807) is 6.07 Å². The number of benzene rings is 3. The first kappa shape index (κ1) is 24.7. The van der Waals surface area contributed by atoms with Crippen LogP contribution in [0.5, 0.6) is 11.5 Å². The molecule has 0 aliphatic heterocycles. The molecular weight excluding hydrogens is 434 g/mol. The van der Waals surface area contributed by atoms with E-state index in [4.69, 9.17) is 21.1 Å². The molecule has 1 atom stereocenters. The molecule has 0 aromatic heterocycles. The second-order valence-corrected chi connectivity index (χ2v) is 9.50. The van der Waals surface area contributed by atoms with Crippen molar-refractivity contribution in [3.63, 3.8) is 0 Å². The van der Waals surface area contributed by atoms with E-state index >= 15 is 0 Å². The molecule has 0 saturated carbocycles. The van der Waals surface area contributed by atoms with Crippen molar-refractivity contribution in [3.8, 4) is 11.5 Å². The molecule has 174 valence electrons. The van der Waals surface area contributed by atoms with E-state index in [1.807, 2.05) is 62.4 Å². The summed E-state index contributed by atoms with van der Waals surface area (Å²) in [5, 5.41) is 3.71. The quantitative estimate of drug-likeness (QED) is 0.385. The van der Waals surface area contributed by atoms with Gasteiger partial charge in [0.1, 0.15) is 18.1 Å². The maximum atomic E-state index is 12.9. The summed E-state index contributed by atoms with van der Waals surface area (Å²) in [7, 11) is 0. The molecule has 0 aliphatic rings. The Morgan fingerprint density at radius 1 is 0.970 bits per heavy atom. The van der Waals surface area contributed by atoms with Gasteiger partial charge in [0.2, 0.25) is 0 Å².